The second-order valence-electron chi connectivity index (χ2n) is 11.7. The van der Waals surface area contributed by atoms with Gasteiger partial charge in [-0.3, -0.25) is 0 Å². The second kappa shape index (κ2) is 13.9. The van der Waals surface area contributed by atoms with Crippen LogP contribution in [0.5, 0.6) is 11.5 Å². The van der Waals surface area contributed by atoms with Crippen LogP contribution in [0.1, 0.15) is 37.8 Å². The van der Waals surface area contributed by atoms with Gasteiger partial charge in [0.1, 0.15) is 11.5 Å². The van der Waals surface area contributed by atoms with Crippen molar-refractivity contribution in [3.63, 3.8) is 0 Å². The standard InChI is InChI=1S/C36H42O6/c1-25(17-35-23-39-35)41-33-9-7-29-19-27(3-5-31(29)21-33)11-13-37-15-16-38-14-12-28-4-6-32-22-34(10-8-30(32)20-28)42-26(2)18-36-24-40-36/h3-10,19-22,25-26,35-36H,11-18,23-24H2,1-2H3. The Kier molecular flexibility index (Phi) is 9.56. The lowest BCUT2D eigenvalue weighted by Gasteiger charge is -2.14. The van der Waals surface area contributed by atoms with Gasteiger partial charge < -0.3 is 28.4 Å². The SMILES string of the molecule is CC(CC1CO1)Oc1ccc2cc(CCOCCOCCc3ccc4cc(OC(C)CC5CO5)ccc4c3)ccc2c1. The zero-order valence-corrected chi connectivity index (χ0v) is 24.8. The third-order valence-corrected chi connectivity index (χ3v) is 7.86. The molecule has 2 saturated heterocycles. The number of hydrogen-bond acceptors (Lipinski definition) is 6. The maximum atomic E-state index is 6.07. The van der Waals surface area contributed by atoms with E-state index in [9.17, 15) is 0 Å². The fourth-order valence-electron chi connectivity index (χ4n) is 5.42. The smallest absolute Gasteiger partial charge is 0.120 e. The molecule has 6 nitrogen and oxygen atoms in total. The van der Waals surface area contributed by atoms with Crippen molar-refractivity contribution in [2.75, 3.05) is 39.6 Å². The van der Waals surface area contributed by atoms with Crippen LogP contribution in [0.25, 0.3) is 21.5 Å². The minimum Gasteiger partial charge on any atom is -0.491 e. The Bertz CT molecular complexity index is 1350. The number of rotatable bonds is 17. The Morgan fingerprint density at radius 2 is 0.976 bits per heavy atom. The largest absolute Gasteiger partial charge is 0.491 e. The van der Waals surface area contributed by atoms with Crippen LogP contribution >= 0.6 is 0 Å². The lowest BCUT2D eigenvalue weighted by atomic mass is 10.0. The molecule has 2 aliphatic heterocycles. The highest BCUT2D eigenvalue weighted by molar-refractivity contribution is 5.85. The van der Waals surface area contributed by atoms with E-state index in [0.717, 1.165) is 50.4 Å². The summed E-state index contributed by atoms with van der Waals surface area (Å²) < 4.78 is 34.5. The topological polar surface area (TPSA) is 62.0 Å². The number of fused-ring (bicyclic) bond motifs is 2. The minimum atomic E-state index is 0.158. The van der Waals surface area contributed by atoms with Gasteiger partial charge in [-0.05, 0) is 83.6 Å². The first-order valence-electron chi connectivity index (χ1n) is 15.3. The summed E-state index contributed by atoms with van der Waals surface area (Å²) in [6.45, 7) is 8.50. The van der Waals surface area contributed by atoms with Crippen molar-refractivity contribution in [3.8, 4) is 11.5 Å². The van der Waals surface area contributed by atoms with E-state index < -0.39 is 0 Å². The van der Waals surface area contributed by atoms with E-state index in [1.54, 1.807) is 0 Å². The summed E-state index contributed by atoms with van der Waals surface area (Å²) in [5.41, 5.74) is 2.54. The van der Waals surface area contributed by atoms with Gasteiger partial charge in [-0.15, -0.1) is 0 Å². The molecule has 2 fully saturated rings. The maximum Gasteiger partial charge on any atom is 0.120 e. The zero-order valence-electron chi connectivity index (χ0n) is 24.8. The molecule has 0 saturated carbocycles. The highest BCUT2D eigenvalue weighted by Gasteiger charge is 2.26. The molecule has 4 aromatic rings. The van der Waals surface area contributed by atoms with E-state index in [1.165, 1.54) is 32.7 Å². The third kappa shape index (κ3) is 8.68. The van der Waals surface area contributed by atoms with E-state index in [-0.39, 0.29) is 12.2 Å². The predicted molar refractivity (Wildman–Crippen MR) is 166 cm³/mol. The van der Waals surface area contributed by atoms with Gasteiger partial charge in [0.15, 0.2) is 0 Å². The van der Waals surface area contributed by atoms with Crippen LogP contribution in [0.4, 0.5) is 0 Å². The summed E-state index contributed by atoms with van der Waals surface area (Å²) in [4.78, 5) is 0. The Morgan fingerprint density at radius 3 is 1.40 bits per heavy atom. The molecule has 2 aliphatic rings. The zero-order chi connectivity index (χ0) is 28.7. The van der Waals surface area contributed by atoms with Gasteiger partial charge in [0.05, 0.1) is 64.1 Å². The van der Waals surface area contributed by atoms with Gasteiger partial charge in [0, 0.05) is 12.8 Å². The molecule has 222 valence electrons. The summed E-state index contributed by atoms with van der Waals surface area (Å²) in [7, 11) is 0. The lowest BCUT2D eigenvalue weighted by molar-refractivity contribution is 0.0501. The molecule has 0 aromatic heterocycles. The Morgan fingerprint density at radius 1 is 0.571 bits per heavy atom. The molecule has 42 heavy (non-hydrogen) atoms. The van der Waals surface area contributed by atoms with Crippen molar-refractivity contribution in [2.24, 2.45) is 0 Å². The highest BCUT2D eigenvalue weighted by Crippen LogP contribution is 2.26. The van der Waals surface area contributed by atoms with Gasteiger partial charge in [-0.1, -0.05) is 48.5 Å². The van der Waals surface area contributed by atoms with Crippen molar-refractivity contribution >= 4 is 21.5 Å². The molecular weight excluding hydrogens is 528 g/mol. The molecule has 4 atom stereocenters. The summed E-state index contributed by atoms with van der Waals surface area (Å²) in [6.07, 6.45) is 4.72. The average Bonchev–Trinajstić information content (AvgIpc) is 3.92. The van der Waals surface area contributed by atoms with Crippen LogP contribution in [-0.4, -0.2) is 64.1 Å². The molecule has 0 radical (unpaired) electrons. The molecule has 0 spiro atoms. The van der Waals surface area contributed by atoms with Crippen LogP contribution in [-0.2, 0) is 31.8 Å². The van der Waals surface area contributed by atoms with E-state index in [0.29, 0.717) is 38.6 Å². The number of hydrogen-bond donors (Lipinski definition) is 0. The molecule has 2 heterocycles. The summed E-state index contributed by atoms with van der Waals surface area (Å²) in [5, 5.41) is 4.82. The van der Waals surface area contributed by atoms with E-state index >= 15 is 0 Å². The van der Waals surface area contributed by atoms with Gasteiger partial charge >= 0.3 is 0 Å². The second-order valence-corrected chi connectivity index (χ2v) is 11.7. The minimum absolute atomic E-state index is 0.158. The number of epoxide rings is 2. The summed E-state index contributed by atoms with van der Waals surface area (Å²) >= 11 is 0. The van der Waals surface area contributed by atoms with E-state index in [4.69, 9.17) is 28.4 Å². The van der Waals surface area contributed by atoms with Crippen LogP contribution in [0.3, 0.4) is 0 Å². The van der Waals surface area contributed by atoms with Gasteiger partial charge in [-0.25, -0.2) is 0 Å². The van der Waals surface area contributed by atoms with Crippen LogP contribution < -0.4 is 9.47 Å². The average molecular weight is 571 g/mol. The molecule has 6 heteroatoms. The fraction of sp³-hybridized carbons (Fsp3) is 0.444. The summed E-state index contributed by atoms with van der Waals surface area (Å²) in [5.74, 6) is 1.83. The van der Waals surface area contributed by atoms with Crippen LogP contribution in [0.2, 0.25) is 0 Å². The molecule has 0 aliphatic carbocycles. The van der Waals surface area contributed by atoms with Gasteiger partial charge in [0.25, 0.3) is 0 Å². The fourth-order valence-corrected chi connectivity index (χ4v) is 5.42. The monoisotopic (exact) mass is 570 g/mol. The van der Waals surface area contributed by atoms with Crippen molar-refractivity contribution < 1.29 is 28.4 Å². The first-order valence-corrected chi connectivity index (χ1v) is 15.3. The molecule has 4 aromatic carbocycles. The lowest BCUT2D eigenvalue weighted by Crippen LogP contribution is -2.14. The molecule has 0 amide bonds. The number of ether oxygens (including phenoxy) is 6. The van der Waals surface area contributed by atoms with Crippen LogP contribution in [0.15, 0.2) is 72.8 Å². The van der Waals surface area contributed by atoms with Crippen LogP contribution in [0, 0.1) is 0 Å². The van der Waals surface area contributed by atoms with Gasteiger partial charge in [-0.2, -0.15) is 0 Å². The molecule has 4 unspecified atom stereocenters. The van der Waals surface area contributed by atoms with Gasteiger partial charge in [0.2, 0.25) is 0 Å². The van der Waals surface area contributed by atoms with Crippen molar-refractivity contribution in [1.82, 2.24) is 0 Å². The van der Waals surface area contributed by atoms with Crippen molar-refractivity contribution in [3.05, 3.63) is 83.9 Å². The van der Waals surface area contributed by atoms with E-state index in [1.807, 2.05) is 0 Å². The van der Waals surface area contributed by atoms with Crippen molar-refractivity contribution in [2.45, 2.75) is 63.9 Å². The molecule has 0 bridgehead atoms. The Balaban J connectivity index is 0.863. The number of benzene rings is 4. The molecule has 0 N–H and O–H groups in total. The highest BCUT2D eigenvalue weighted by atomic mass is 16.6. The quantitative estimate of drug-likeness (QED) is 0.101. The normalized spacial score (nSPS) is 19.1. The third-order valence-electron chi connectivity index (χ3n) is 7.86. The maximum absolute atomic E-state index is 6.07. The molecular formula is C36H42O6. The Hall–Kier alpha value is -3.16. The Labute approximate surface area is 248 Å². The molecule has 6 rings (SSSR count). The van der Waals surface area contributed by atoms with E-state index in [2.05, 4.69) is 86.6 Å². The summed E-state index contributed by atoms with van der Waals surface area (Å²) in [6, 6.07) is 25.8. The first-order chi connectivity index (χ1) is 20.6. The predicted octanol–water partition coefficient (Wildman–Crippen LogP) is 6.92. The van der Waals surface area contributed by atoms with Crippen molar-refractivity contribution in [1.29, 1.82) is 0 Å². The first kappa shape index (κ1) is 28.9.